The third-order valence-corrected chi connectivity index (χ3v) is 1.36. The monoisotopic (exact) mass is 224 g/mol. The second-order valence-electron chi connectivity index (χ2n) is 2.20. The highest BCUT2D eigenvalue weighted by Crippen LogP contribution is 1.99. The van der Waals surface area contributed by atoms with Gasteiger partial charge in [-0.15, -0.1) is 0 Å². The van der Waals surface area contributed by atoms with Crippen LogP contribution in [-0.4, -0.2) is 38.5 Å². The van der Waals surface area contributed by atoms with Gasteiger partial charge < -0.3 is 15.3 Å². The zero-order valence-electron chi connectivity index (χ0n) is 7.51. The van der Waals surface area contributed by atoms with Crippen molar-refractivity contribution in [3.8, 4) is 0 Å². The van der Waals surface area contributed by atoms with Gasteiger partial charge in [0, 0.05) is 6.42 Å². The lowest BCUT2D eigenvalue weighted by molar-refractivity contribution is -0.142. The van der Waals surface area contributed by atoms with E-state index in [-0.39, 0.29) is 6.42 Å². The van der Waals surface area contributed by atoms with E-state index < -0.39 is 29.6 Å². The van der Waals surface area contributed by atoms with Crippen molar-refractivity contribution in [1.82, 2.24) is 0 Å². The van der Waals surface area contributed by atoms with E-state index in [1.807, 2.05) is 0 Å². The van der Waals surface area contributed by atoms with Crippen molar-refractivity contribution in [2.45, 2.75) is 25.0 Å². The van der Waals surface area contributed by atoms with Crippen LogP contribution in [0.1, 0.15) is 19.8 Å². The van der Waals surface area contributed by atoms with Crippen LogP contribution in [0.2, 0.25) is 0 Å². The standard InChI is InChI=1S/C4H6O4S.C3H6O2/c5-3(6)1-2(9)4(7)8;1-2-3(4)5/h2,9H,1H2,(H,5,6)(H,7,8);2H2,1H3,(H,4,5). The molecule has 0 aromatic rings. The Balaban J connectivity index is 0. The van der Waals surface area contributed by atoms with E-state index in [1.54, 1.807) is 6.92 Å². The number of thiol groups is 1. The fourth-order valence-corrected chi connectivity index (χ4v) is 0.409. The minimum absolute atomic E-state index is 0.222. The van der Waals surface area contributed by atoms with Crippen LogP contribution in [0.15, 0.2) is 0 Å². The van der Waals surface area contributed by atoms with Crippen LogP contribution in [0.5, 0.6) is 0 Å². The topological polar surface area (TPSA) is 112 Å². The van der Waals surface area contributed by atoms with Gasteiger partial charge in [0.1, 0.15) is 5.25 Å². The molecule has 0 aliphatic heterocycles. The van der Waals surface area contributed by atoms with Crippen LogP contribution in [0.4, 0.5) is 0 Å². The number of aliphatic carboxylic acids is 3. The van der Waals surface area contributed by atoms with E-state index in [0.717, 1.165) is 0 Å². The average Bonchev–Trinajstić information content (AvgIpc) is 2.04. The molecule has 1 atom stereocenters. The SMILES string of the molecule is CCC(=O)O.O=C(O)CC(S)C(=O)O. The van der Waals surface area contributed by atoms with Gasteiger partial charge in [-0.3, -0.25) is 14.4 Å². The van der Waals surface area contributed by atoms with Gasteiger partial charge in [-0.05, 0) is 0 Å². The molecule has 7 heteroatoms. The molecule has 0 aromatic carbocycles. The third kappa shape index (κ3) is 13.4. The predicted molar refractivity (Wildman–Crippen MR) is 50.6 cm³/mol. The van der Waals surface area contributed by atoms with Crippen LogP contribution in [0, 0.1) is 0 Å². The van der Waals surface area contributed by atoms with E-state index in [2.05, 4.69) is 12.6 Å². The van der Waals surface area contributed by atoms with Gasteiger partial charge in [0.25, 0.3) is 0 Å². The van der Waals surface area contributed by atoms with Crippen LogP contribution >= 0.6 is 12.6 Å². The van der Waals surface area contributed by atoms with Crippen molar-refractivity contribution in [2.24, 2.45) is 0 Å². The summed E-state index contributed by atoms with van der Waals surface area (Å²) in [7, 11) is 0. The van der Waals surface area contributed by atoms with E-state index in [4.69, 9.17) is 15.3 Å². The van der Waals surface area contributed by atoms with Gasteiger partial charge in [-0.1, -0.05) is 6.92 Å². The molecule has 0 aliphatic rings. The maximum atomic E-state index is 9.90. The van der Waals surface area contributed by atoms with E-state index in [9.17, 15) is 14.4 Å². The number of carbonyl (C=O) groups is 3. The minimum atomic E-state index is -1.21. The van der Waals surface area contributed by atoms with Crippen molar-refractivity contribution in [3.63, 3.8) is 0 Å². The van der Waals surface area contributed by atoms with Crippen LogP contribution in [0.3, 0.4) is 0 Å². The first-order valence-corrected chi connectivity index (χ1v) is 4.17. The molecular weight excluding hydrogens is 212 g/mol. The third-order valence-electron chi connectivity index (χ3n) is 0.955. The molecule has 0 saturated carbocycles. The van der Waals surface area contributed by atoms with Crippen LogP contribution in [0.25, 0.3) is 0 Å². The summed E-state index contributed by atoms with van der Waals surface area (Å²) in [5, 5.41) is 22.7. The van der Waals surface area contributed by atoms with Crippen LogP contribution in [-0.2, 0) is 14.4 Å². The van der Waals surface area contributed by atoms with Crippen molar-refractivity contribution in [1.29, 1.82) is 0 Å². The summed E-state index contributed by atoms with van der Waals surface area (Å²) in [5.74, 6) is -3.11. The second-order valence-corrected chi connectivity index (χ2v) is 2.82. The van der Waals surface area contributed by atoms with Crippen LogP contribution < -0.4 is 0 Å². The molecule has 82 valence electrons. The first-order chi connectivity index (χ1) is 6.31. The van der Waals surface area contributed by atoms with Crippen molar-refractivity contribution in [2.75, 3.05) is 0 Å². The lowest BCUT2D eigenvalue weighted by Crippen LogP contribution is -2.17. The summed E-state index contributed by atoms with van der Waals surface area (Å²) in [5.41, 5.74) is 0. The van der Waals surface area contributed by atoms with E-state index >= 15 is 0 Å². The Morgan fingerprint density at radius 3 is 1.57 bits per heavy atom. The molecule has 0 saturated heterocycles. The average molecular weight is 224 g/mol. The molecule has 1 unspecified atom stereocenters. The normalized spacial score (nSPS) is 10.7. The second kappa shape index (κ2) is 8.36. The highest BCUT2D eigenvalue weighted by atomic mass is 32.1. The largest absolute Gasteiger partial charge is 0.481 e. The first-order valence-electron chi connectivity index (χ1n) is 3.65. The quantitative estimate of drug-likeness (QED) is 0.512. The molecule has 6 nitrogen and oxygen atoms in total. The molecule has 0 rings (SSSR count). The molecule has 0 aliphatic carbocycles. The smallest absolute Gasteiger partial charge is 0.316 e. The van der Waals surface area contributed by atoms with Gasteiger partial charge in [-0.25, -0.2) is 0 Å². The van der Waals surface area contributed by atoms with Gasteiger partial charge in [0.05, 0.1) is 6.42 Å². The Morgan fingerprint density at radius 1 is 1.14 bits per heavy atom. The molecule has 0 heterocycles. The van der Waals surface area contributed by atoms with Crippen molar-refractivity contribution < 1.29 is 29.7 Å². The number of carboxylic acid groups (broad SMARTS) is 3. The summed E-state index contributed by atoms with van der Waals surface area (Å²) >= 11 is 3.48. The summed E-state index contributed by atoms with van der Waals surface area (Å²) < 4.78 is 0. The highest BCUT2D eigenvalue weighted by Gasteiger charge is 2.14. The number of hydrogen-bond acceptors (Lipinski definition) is 4. The summed E-state index contributed by atoms with van der Waals surface area (Å²) in [4.78, 5) is 29.1. The molecule has 14 heavy (non-hydrogen) atoms. The van der Waals surface area contributed by atoms with Gasteiger partial charge in [0.15, 0.2) is 0 Å². The molecule has 0 radical (unpaired) electrons. The van der Waals surface area contributed by atoms with Gasteiger partial charge in [0.2, 0.25) is 0 Å². The lowest BCUT2D eigenvalue weighted by atomic mass is 10.3. The lowest BCUT2D eigenvalue weighted by Gasteiger charge is -1.97. The van der Waals surface area contributed by atoms with Crippen molar-refractivity contribution >= 4 is 30.5 Å². The summed E-state index contributed by atoms with van der Waals surface area (Å²) in [6.07, 6.45) is -0.224. The van der Waals surface area contributed by atoms with E-state index in [0.29, 0.717) is 0 Å². The molecular formula is C7H12O6S. The molecule has 3 N–H and O–H groups in total. The summed E-state index contributed by atoms with van der Waals surface area (Å²) in [6.45, 7) is 1.60. The maximum Gasteiger partial charge on any atom is 0.316 e. The first kappa shape index (κ1) is 15.2. The molecule has 0 bridgehead atoms. The molecule has 0 spiro atoms. The zero-order chi connectivity index (χ0) is 11.7. The maximum absolute atomic E-state index is 9.90. The Hall–Kier alpha value is -1.24. The van der Waals surface area contributed by atoms with Gasteiger partial charge in [-0.2, -0.15) is 12.6 Å². The molecule has 0 amide bonds. The highest BCUT2D eigenvalue weighted by molar-refractivity contribution is 7.81. The van der Waals surface area contributed by atoms with Gasteiger partial charge >= 0.3 is 17.9 Å². The van der Waals surface area contributed by atoms with Crippen molar-refractivity contribution in [3.05, 3.63) is 0 Å². The number of carboxylic acids is 3. The Kier molecular flexibility index (Phi) is 9.10. The Labute approximate surface area is 86.0 Å². The predicted octanol–water partition coefficient (Wildman–Crippen LogP) is 0.325. The number of hydrogen-bond donors (Lipinski definition) is 4. The minimum Gasteiger partial charge on any atom is -0.481 e. The summed E-state index contributed by atoms with van der Waals surface area (Å²) in [6, 6.07) is 0. The Morgan fingerprint density at radius 2 is 1.50 bits per heavy atom. The fourth-order valence-electron chi connectivity index (χ4n) is 0.253. The fraction of sp³-hybridized carbons (Fsp3) is 0.571. The Bertz CT molecular complexity index is 214. The zero-order valence-corrected chi connectivity index (χ0v) is 8.40. The number of rotatable bonds is 4. The molecule has 0 fully saturated rings. The molecule has 0 aromatic heterocycles. The van der Waals surface area contributed by atoms with E-state index in [1.165, 1.54) is 0 Å².